The van der Waals surface area contributed by atoms with Gasteiger partial charge in [0.05, 0.1) is 0 Å². The van der Waals surface area contributed by atoms with Gasteiger partial charge in [-0.25, -0.2) is 0 Å². The molecule has 0 fully saturated rings. The standard InChI is InChI=1S/C14H23NO2/c1-3-4-5-12-6-8-13(9-7-12)17-11-14(2,16)10-15/h6-9,16H,3-5,10-11,15H2,1-2H3. The van der Waals surface area contributed by atoms with Crippen LogP contribution in [0.4, 0.5) is 0 Å². The minimum Gasteiger partial charge on any atom is -0.491 e. The first-order valence-electron chi connectivity index (χ1n) is 6.21. The number of hydrogen-bond acceptors (Lipinski definition) is 3. The Morgan fingerprint density at radius 2 is 1.94 bits per heavy atom. The van der Waals surface area contributed by atoms with Crippen molar-refractivity contribution in [2.75, 3.05) is 13.2 Å². The fourth-order valence-corrected chi connectivity index (χ4v) is 1.43. The van der Waals surface area contributed by atoms with E-state index in [1.807, 2.05) is 12.1 Å². The summed E-state index contributed by atoms with van der Waals surface area (Å²) in [6.45, 7) is 4.27. The second-order valence-corrected chi connectivity index (χ2v) is 4.74. The molecule has 1 aromatic carbocycles. The van der Waals surface area contributed by atoms with Crippen LogP contribution < -0.4 is 10.5 Å². The molecule has 17 heavy (non-hydrogen) atoms. The molecule has 0 aromatic heterocycles. The average Bonchev–Trinajstić information content (AvgIpc) is 2.35. The number of nitrogens with two attached hydrogens (primary N) is 1. The van der Waals surface area contributed by atoms with E-state index in [0.29, 0.717) is 0 Å². The van der Waals surface area contributed by atoms with Gasteiger partial charge in [0.1, 0.15) is 18.0 Å². The van der Waals surface area contributed by atoms with Crippen LogP contribution in [0, 0.1) is 0 Å². The first-order valence-corrected chi connectivity index (χ1v) is 6.21. The number of unbranched alkanes of at least 4 members (excludes halogenated alkanes) is 1. The fraction of sp³-hybridized carbons (Fsp3) is 0.571. The van der Waals surface area contributed by atoms with E-state index in [9.17, 15) is 5.11 Å². The molecule has 1 atom stereocenters. The van der Waals surface area contributed by atoms with Crippen molar-refractivity contribution in [3.05, 3.63) is 29.8 Å². The first-order chi connectivity index (χ1) is 8.07. The Balaban J connectivity index is 2.45. The highest BCUT2D eigenvalue weighted by Crippen LogP contribution is 2.15. The molecule has 0 aliphatic carbocycles. The van der Waals surface area contributed by atoms with E-state index >= 15 is 0 Å². The molecule has 1 rings (SSSR count). The lowest BCUT2D eigenvalue weighted by atomic mass is 10.1. The van der Waals surface area contributed by atoms with Gasteiger partial charge in [0.15, 0.2) is 0 Å². The Morgan fingerprint density at radius 1 is 1.29 bits per heavy atom. The van der Waals surface area contributed by atoms with Crippen molar-refractivity contribution in [3.8, 4) is 5.75 Å². The van der Waals surface area contributed by atoms with Crippen LogP contribution in [0.15, 0.2) is 24.3 Å². The van der Waals surface area contributed by atoms with Crippen molar-refractivity contribution in [1.82, 2.24) is 0 Å². The summed E-state index contributed by atoms with van der Waals surface area (Å²) in [5, 5.41) is 9.71. The van der Waals surface area contributed by atoms with Crippen LogP contribution in [0.3, 0.4) is 0 Å². The predicted molar refractivity (Wildman–Crippen MR) is 70.2 cm³/mol. The molecule has 1 aromatic rings. The Labute approximate surface area is 104 Å². The van der Waals surface area contributed by atoms with E-state index < -0.39 is 5.60 Å². The Morgan fingerprint density at radius 3 is 2.47 bits per heavy atom. The molecule has 0 saturated heterocycles. The highest BCUT2D eigenvalue weighted by Gasteiger charge is 2.18. The fourth-order valence-electron chi connectivity index (χ4n) is 1.43. The van der Waals surface area contributed by atoms with E-state index in [0.717, 1.165) is 12.2 Å². The molecule has 0 bridgehead atoms. The van der Waals surface area contributed by atoms with E-state index in [1.54, 1.807) is 6.92 Å². The first kappa shape index (κ1) is 14.0. The summed E-state index contributed by atoms with van der Waals surface area (Å²) in [5.74, 6) is 0.777. The number of aryl methyl sites for hydroxylation is 1. The number of ether oxygens (including phenoxy) is 1. The van der Waals surface area contributed by atoms with Crippen LogP contribution in [0.25, 0.3) is 0 Å². The third-order valence-corrected chi connectivity index (χ3v) is 2.73. The number of rotatable bonds is 7. The van der Waals surface area contributed by atoms with Crippen molar-refractivity contribution in [3.63, 3.8) is 0 Å². The third-order valence-electron chi connectivity index (χ3n) is 2.73. The van der Waals surface area contributed by atoms with Gasteiger partial charge in [0.2, 0.25) is 0 Å². The van der Waals surface area contributed by atoms with Gasteiger partial charge in [-0.15, -0.1) is 0 Å². The molecule has 3 heteroatoms. The van der Waals surface area contributed by atoms with Gasteiger partial charge in [-0.3, -0.25) is 0 Å². The van der Waals surface area contributed by atoms with Crippen LogP contribution in [0.1, 0.15) is 32.3 Å². The predicted octanol–water partition coefficient (Wildman–Crippen LogP) is 2.12. The lowest BCUT2D eigenvalue weighted by Gasteiger charge is -2.21. The molecule has 3 nitrogen and oxygen atoms in total. The third kappa shape index (κ3) is 5.20. The quantitative estimate of drug-likeness (QED) is 0.763. The SMILES string of the molecule is CCCCc1ccc(OCC(C)(O)CN)cc1. The topological polar surface area (TPSA) is 55.5 Å². The zero-order valence-electron chi connectivity index (χ0n) is 10.8. The molecule has 3 N–H and O–H groups in total. The average molecular weight is 237 g/mol. The Bertz CT molecular complexity index is 319. The Hall–Kier alpha value is -1.06. The van der Waals surface area contributed by atoms with Crippen LogP contribution in [-0.2, 0) is 6.42 Å². The van der Waals surface area contributed by atoms with Crippen molar-refractivity contribution < 1.29 is 9.84 Å². The zero-order valence-corrected chi connectivity index (χ0v) is 10.8. The monoisotopic (exact) mass is 237 g/mol. The van der Waals surface area contributed by atoms with Gasteiger partial charge in [0.25, 0.3) is 0 Å². The normalized spacial score (nSPS) is 14.4. The zero-order chi connectivity index (χ0) is 12.7. The maximum atomic E-state index is 9.71. The highest BCUT2D eigenvalue weighted by atomic mass is 16.5. The molecule has 0 amide bonds. The van der Waals surface area contributed by atoms with E-state index in [-0.39, 0.29) is 13.2 Å². The van der Waals surface area contributed by atoms with Gasteiger partial charge in [-0.1, -0.05) is 25.5 Å². The summed E-state index contributed by atoms with van der Waals surface area (Å²) in [6, 6.07) is 8.03. The molecular formula is C14H23NO2. The maximum absolute atomic E-state index is 9.71. The molecule has 0 aliphatic rings. The van der Waals surface area contributed by atoms with Gasteiger partial charge in [-0.05, 0) is 37.5 Å². The molecule has 0 spiro atoms. The second-order valence-electron chi connectivity index (χ2n) is 4.74. The highest BCUT2D eigenvalue weighted by molar-refractivity contribution is 5.27. The minimum atomic E-state index is -0.957. The smallest absolute Gasteiger partial charge is 0.119 e. The van der Waals surface area contributed by atoms with Gasteiger partial charge in [0, 0.05) is 6.54 Å². The molecule has 0 saturated carbocycles. The summed E-state index contributed by atoms with van der Waals surface area (Å²) in [7, 11) is 0. The summed E-state index contributed by atoms with van der Waals surface area (Å²) in [5.41, 5.74) is 5.79. The maximum Gasteiger partial charge on any atom is 0.119 e. The molecule has 0 radical (unpaired) electrons. The van der Waals surface area contributed by atoms with E-state index in [4.69, 9.17) is 10.5 Å². The summed E-state index contributed by atoms with van der Waals surface area (Å²) < 4.78 is 5.49. The van der Waals surface area contributed by atoms with Crippen molar-refractivity contribution in [2.45, 2.75) is 38.7 Å². The van der Waals surface area contributed by atoms with Gasteiger partial charge < -0.3 is 15.6 Å². The van der Waals surface area contributed by atoms with Crippen molar-refractivity contribution in [2.24, 2.45) is 5.73 Å². The lowest BCUT2D eigenvalue weighted by Crippen LogP contribution is -2.40. The van der Waals surface area contributed by atoms with Crippen molar-refractivity contribution in [1.29, 1.82) is 0 Å². The number of hydrogen-bond donors (Lipinski definition) is 2. The van der Waals surface area contributed by atoms with E-state index in [2.05, 4.69) is 19.1 Å². The lowest BCUT2D eigenvalue weighted by molar-refractivity contribution is 0.0196. The Kier molecular flexibility index (Phi) is 5.45. The molecule has 96 valence electrons. The van der Waals surface area contributed by atoms with Crippen LogP contribution in [-0.4, -0.2) is 23.9 Å². The summed E-state index contributed by atoms with van der Waals surface area (Å²) in [4.78, 5) is 0. The van der Waals surface area contributed by atoms with Gasteiger partial charge >= 0.3 is 0 Å². The van der Waals surface area contributed by atoms with Crippen LogP contribution >= 0.6 is 0 Å². The van der Waals surface area contributed by atoms with Crippen LogP contribution in [0.2, 0.25) is 0 Å². The minimum absolute atomic E-state index is 0.196. The molecule has 0 heterocycles. The second kappa shape index (κ2) is 6.62. The number of benzene rings is 1. The molecular weight excluding hydrogens is 214 g/mol. The largest absolute Gasteiger partial charge is 0.491 e. The van der Waals surface area contributed by atoms with E-state index in [1.165, 1.54) is 18.4 Å². The van der Waals surface area contributed by atoms with Crippen LogP contribution in [0.5, 0.6) is 5.75 Å². The summed E-state index contributed by atoms with van der Waals surface area (Å²) in [6.07, 6.45) is 3.52. The number of aliphatic hydroxyl groups is 1. The molecule has 0 aliphatic heterocycles. The molecule has 1 unspecified atom stereocenters. The van der Waals surface area contributed by atoms with Gasteiger partial charge in [-0.2, -0.15) is 0 Å². The summed E-state index contributed by atoms with van der Waals surface area (Å²) >= 11 is 0. The van der Waals surface area contributed by atoms with Crippen molar-refractivity contribution >= 4 is 0 Å².